The Bertz CT molecular complexity index is 2240. The molecule has 318 valence electrons. The Hall–Kier alpha value is -5.51. The van der Waals surface area contributed by atoms with Crippen molar-refractivity contribution in [2.24, 2.45) is 0 Å². The maximum atomic E-state index is 13.6. The van der Waals surface area contributed by atoms with Crippen LogP contribution in [0.3, 0.4) is 0 Å². The van der Waals surface area contributed by atoms with Gasteiger partial charge in [0.05, 0.1) is 54.1 Å². The van der Waals surface area contributed by atoms with Crippen LogP contribution in [-0.2, 0) is 27.4 Å². The number of halogens is 2. The number of amides is 4. The van der Waals surface area contributed by atoms with Gasteiger partial charge in [-0.25, -0.2) is 14.8 Å². The van der Waals surface area contributed by atoms with E-state index in [2.05, 4.69) is 25.9 Å². The number of anilines is 1. The lowest BCUT2D eigenvalue weighted by atomic mass is 10.0. The lowest BCUT2D eigenvalue weighted by Crippen LogP contribution is -2.44. The van der Waals surface area contributed by atoms with Gasteiger partial charge in [-0.1, -0.05) is 35.3 Å². The van der Waals surface area contributed by atoms with Crippen LogP contribution in [0.5, 0.6) is 11.6 Å². The average molecular weight is 862 g/mol. The molecule has 0 bridgehead atoms. The number of hydrogen-bond donors (Lipinski definition) is 3. The van der Waals surface area contributed by atoms with E-state index in [1.165, 1.54) is 18.2 Å². The minimum Gasteiger partial charge on any atom is -0.495 e. The molecule has 0 spiro atoms. The van der Waals surface area contributed by atoms with Crippen LogP contribution in [0.25, 0.3) is 22.5 Å². The number of carbonyl (C=O) groups excluding carboxylic acids is 4. The number of aromatic nitrogens is 3. The zero-order chi connectivity index (χ0) is 43.1. The van der Waals surface area contributed by atoms with Crippen LogP contribution < -0.4 is 25.4 Å². The molecule has 2 fully saturated rings. The average Bonchev–Trinajstić information content (AvgIpc) is 3.64. The van der Waals surface area contributed by atoms with E-state index in [-0.39, 0.29) is 58.6 Å². The number of methoxy groups -OCH3 is 2. The number of hydrogen-bond acceptors (Lipinski definition) is 11. The number of nitrogens with one attached hydrogen (secondary N) is 3. The predicted octanol–water partition coefficient (Wildman–Crippen LogP) is 6.90. The van der Waals surface area contributed by atoms with Gasteiger partial charge >= 0.3 is 6.09 Å². The summed E-state index contributed by atoms with van der Waals surface area (Å²) in [4.78, 5) is 67.6. The van der Waals surface area contributed by atoms with Crippen LogP contribution in [0.4, 0.5) is 10.5 Å². The fraction of sp³-hybridized carbons (Fsp3) is 0.419. The van der Waals surface area contributed by atoms with E-state index >= 15 is 0 Å². The molecule has 17 heteroatoms. The van der Waals surface area contributed by atoms with E-state index in [1.54, 1.807) is 83.5 Å². The first-order valence-electron chi connectivity index (χ1n) is 19.7. The quantitative estimate of drug-likeness (QED) is 0.128. The second kappa shape index (κ2) is 19.3. The number of ether oxygens (including phenoxy) is 3. The third kappa shape index (κ3) is 10.8. The van der Waals surface area contributed by atoms with E-state index in [4.69, 9.17) is 42.4 Å². The molecule has 4 aromatic rings. The summed E-state index contributed by atoms with van der Waals surface area (Å²) in [6, 6.07) is 12.2. The number of pyridine rings is 3. The summed E-state index contributed by atoms with van der Waals surface area (Å²) < 4.78 is 16.9. The fourth-order valence-electron chi connectivity index (χ4n) is 7.14. The third-order valence-electron chi connectivity index (χ3n) is 10.3. The first-order valence-corrected chi connectivity index (χ1v) is 20.5. The Labute approximate surface area is 359 Å². The van der Waals surface area contributed by atoms with Gasteiger partial charge in [-0.2, -0.15) is 0 Å². The summed E-state index contributed by atoms with van der Waals surface area (Å²) >= 11 is 14.0. The van der Waals surface area contributed by atoms with Gasteiger partial charge < -0.3 is 40.0 Å². The van der Waals surface area contributed by atoms with E-state index < -0.39 is 17.6 Å². The van der Waals surface area contributed by atoms with Gasteiger partial charge in [0.2, 0.25) is 17.7 Å². The summed E-state index contributed by atoms with van der Waals surface area (Å²) in [7, 11) is 3.04. The van der Waals surface area contributed by atoms with E-state index in [1.807, 2.05) is 4.90 Å². The first kappa shape index (κ1) is 44.1. The lowest BCUT2D eigenvalue weighted by molar-refractivity contribution is -0.130. The Balaban J connectivity index is 1.19. The molecule has 2 aliphatic rings. The summed E-state index contributed by atoms with van der Waals surface area (Å²) in [6.45, 7) is 9.18. The van der Waals surface area contributed by atoms with Crippen molar-refractivity contribution >= 4 is 52.7 Å². The molecule has 60 heavy (non-hydrogen) atoms. The van der Waals surface area contributed by atoms with Crippen LogP contribution in [0.15, 0.2) is 54.9 Å². The Morgan fingerprint density at radius 1 is 0.967 bits per heavy atom. The standard InChI is InChI=1S/C43H50Cl2N8O7/c1-25(54)52-18-15-28(16-19-52)47-21-27-20-34(48-22-35(27)58-5)40(56)50-33-9-7-8-31(37(33)44)39-38(45)30(14-17-46-39)32-12-10-26(41(51-32)59-6)23-53(42(57)60-43(2,3)4)24-29-11-13-36(55)49-29/h7-10,12,14,17,20,22,28-29,47H,11,13,15-16,18-19,21,23-24H2,1-6H3,(H,49,55)(H,50,56)/t29-/m0/s1. The normalized spacial score (nSPS) is 15.6. The predicted molar refractivity (Wildman–Crippen MR) is 228 cm³/mol. The molecule has 1 aromatic carbocycles. The molecule has 3 aromatic heterocycles. The Morgan fingerprint density at radius 3 is 2.40 bits per heavy atom. The molecule has 2 saturated heterocycles. The van der Waals surface area contributed by atoms with Gasteiger partial charge in [-0.15, -0.1) is 0 Å². The van der Waals surface area contributed by atoms with Crippen molar-refractivity contribution in [3.8, 4) is 34.1 Å². The molecule has 3 N–H and O–H groups in total. The zero-order valence-electron chi connectivity index (χ0n) is 34.6. The molecular weight excluding hydrogens is 811 g/mol. The number of nitrogens with zero attached hydrogens (tertiary/aromatic N) is 5. The van der Waals surface area contributed by atoms with Gasteiger partial charge in [0.25, 0.3) is 5.91 Å². The Morgan fingerprint density at radius 2 is 1.73 bits per heavy atom. The highest BCUT2D eigenvalue weighted by Crippen LogP contribution is 2.40. The minimum absolute atomic E-state index is 0.0524. The number of piperidine rings is 1. The van der Waals surface area contributed by atoms with Crippen molar-refractivity contribution in [2.75, 3.05) is 39.2 Å². The molecule has 2 aliphatic heterocycles. The molecule has 5 heterocycles. The molecule has 0 radical (unpaired) electrons. The van der Waals surface area contributed by atoms with Crippen LogP contribution in [0.1, 0.15) is 75.0 Å². The smallest absolute Gasteiger partial charge is 0.410 e. The molecule has 15 nitrogen and oxygen atoms in total. The largest absolute Gasteiger partial charge is 0.495 e. The summed E-state index contributed by atoms with van der Waals surface area (Å²) in [5, 5.41) is 9.80. The third-order valence-corrected chi connectivity index (χ3v) is 11.1. The van der Waals surface area contributed by atoms with E-state index in [0.29, 0.717) is 72.0 Å². The second-order valence-corrected chi connectivity index (χ2v) is 16.5. The van der Waals surface area contributed by atoms with Crippen molar-refractivity contribution in [1.29, 1.82) is 0 Å². The van der Waals surface area contributed by atoms with Crippen LogP contribution >= 0.6 is 23.2 Å². The molecule has 6 rings (SSSR count). The number of benzene rings is 1. The zero-order valence-corrected chi connectivity index (χ0v) is 36.1. The van der Waals surface area contributed by atoms with Crippen LogP contribution in [-0.4, -0.2) is 100 Å². The van der Waals surface area contributed by atoms with Gasteiger partial charge in [0, 0.05) is 80.1 Å². The topological polar surface area (TPSA) is 177 Å². The highest BCUT2D eigenvalue weighted by atomic mass is 35.5. The van der Waals surface area contributed by atoms with Gasteiger partial charge in [0.15, 0.2) is 0 Å². The maximum absolute atomic E-state index is 13.6. The Kier molecular flexibility index (Phi) is 14.1. The van der Waals surface area contributed by atoms with Crippen molar-refractivity contribution < 1.29 is 33.4 Å². The number of likely N-dealkylation sites (tertiary alicyclic amines) is 1. The molecular formula is C43H50Cl2N8O7. The van der Waals surface area contributed by atoms with E-state index in [0.717, 1.165) is 18.4 Å². The van der Waals surface area contributed by atoms with Crippen LogP contribution in [0, 0.1) is 0 Å². The van der Waals surface area contributed by atoms with Gasteiger partial charge in [0.1, 0.15) is 17.0 Å². The number of rotatable bonds is 13. The maximum Gasteiger partial charge on any atom is 0.410 e. The molecule has 4 amide bonds. The number of carbonyl (C=O) groups is 4. The van der Waals surface area contributed by atoms with Crippen molar-refractivity contribution in [2.45, 2.75) is 84.2 Å². The summed E-state index contributed by atoms with van der Waals surface area (Å²) in [5.41, 5.74) is 3.01. The van der Waals surface area contributed by atoms with Crippen molar-refractivity contribution in [1.82, 2.24) is 35.4 Å². The highest BCUT2D eigenvalue weighted by molar-refractivity contribution is 6.39. The molecule has 0 aliphatic carbocycles. The van der Waals surface area contributed by atoms with Crippen molar-refractivity contribution in [3.05, 3.63) is 81.7 Å². The van der Waals surface area contributed by atoms with Crippen molar-refractivity contribution in [3.63, 3.8) is 0 Å². The lowest BCUT2D eigenvalue weighted by Gasteiger charge is -2.32. The molecule has 0 unspecified atom stereocenters. The molecule has 1 atom stereocenters. The van der Waals surface area contributed by atoms with Crippen LogP contribution in [0.2, 0.25) is 10.0 Å². The highest BCUT2D eigenvalue weighted by Gasteiger charge is 2.30. The first-order chi connectivity index (χ1) is 28.6. The van der Waals surface area contributed by atoms with Gasteiger partial charge in [-0.3, -0.25) is 19.4 Å². The molecule has 0 saturated carbocycles. The summed E-state index contributed by atoms with van der Waals surface area (Å²) in [6.07, 6.45) is 5.24. The second-order valence-electron chi connectivity index (χ2n) is 15.7. The monoisotopic (exact) mass is 860 g/mol. The SMILES string of the molecule is COc1cnc(C(=O)Nc2cccc(-c3nccc(-c4ccc(CN(C[C@@H]5CCC(=O)N5)C(=O)OC(C)(C)C)c(OC)n4)c3Cl)c2Cl)cc1CNC1CCN(C(C)=O)CC1. The summed E-state index contributed by atoms with van der Waals surface area (Å²) in [5.74, 6) is 0.365. The van der Waals surface area contributed by atoms with E-state index in [9.17, 15) is 19.2 Å². The van der Waals surface area contributed by atoms with Gasteiger partial charge in [-0.05, 0) is 70.4 Å². The minimum atomic E-state index is -0.724. The fourth-order valence-corrected chi connectivity index (χ4v) is 7.72.